The molecule has 0 saturated carbocycles. The Bertz CT molecular complexity index is 405. The number of hydrogen-bond acceptors (Lipinski definition) is 3. The molecule has 5 heteroatoms. The maximum atomic E-state index is 11.6. The van der Waals surface area contributed by atoms with Crippen LogP contribution in [0.25, 0.3) is 0 Å². The van der Waals surface area contributed by atoms with E-state index in [2.05, 4.69) is 21.4 Å². The van der Waals surface area contributed by atoms with Crippen molar-refractivity contribution in [2.75, 3.05) is 7.11 Å². The summed E-state index contributed by atoms with van der Waals surface area (Å²) in [6, 6.07) is 1.90. The third-order valence-corrected chi connectivity index (χ3v) is 3.05. The Balaban J connectivity index is 3.50. The van der Waals surface area contributed by atoms with Gasteiger partial charge in [-0.3, -0.25) is 10.2 Å². The van der Waals surface area contributed by atoms with Gasteiger partial charge in [0, 0.05) is 4.47 Å². The maximum Gasteiger partial charge on any atom is 0.269 e. The Morgan fingerprint density at radius 1 is 1.53 bits per heavy atom. The summed E-state index contributed by atoms with van der Waals surface area (Å²) >= 11 is 3.38. The predicted molar refractivity (Wildman–Crippen MR) is 61.8 cm³/mol. The molecule has 0 fully saturated rings. The fourth-order valence-corrected chi connectivity index (χ4v) is 2.00. The molecule has 1 aromatic carbocycles. The third-order valence-electron chi connectivity index (χ3n) is 2.22. The number of carbonyl (C=O) groups excluding carboxylic acids is 1. The van der Waals surface area contributed by atoms with E-state index in [1.165, 1.54) is 7.11 Å². The summed E-state index contributed by atoms with van der Waals surface area (Å²) in [4.78, 5) is 11.6. The largest absolute Gasteiger partial charge is 0.496 e. The number of nitrogen functional groups attached to an aromatic ring is 1. The SMILES string of the molecule is COc1c(C)cc(Br)c(C)c1C(=O)NN. The van der Waals surface area contributed by atoms with Crippen LogP contribution in [-0.4, -0.2) is 13.0 Å². The number of halogens is 1. The van der Waals surface area contributed by atoms with Crippen molar-refractivity contribution in [1.29, 1.82) is 0 Å². The van der Waals surface area contributed by atoms with Gasteiger partial charge in [0.25, 0.3) is 5.91 Å². The smallest absolute Gasteiger partial charge is 0.269 e. The second kappa shape index (κ2) is 4.63. The quantitative estimate of drug-likeness (QED) is 0.489. The molecule has 0 unspecified atom stereocenters. The lowest BCUT2D eigenvalue weighted by molar-refractivity contribution is 0.0949. The van der Waals surface area contributed by atoms with Crippen LogP contribution in [0.4, 0.5) is 0 Å². The van der Waals surface area contributed by atoms with Gasteiger partial charge < -0.3 is 4.74 Å². The van der Waals surface area contributed by atoms with Crippen molar-refractivity contribution in [1.82, 2.24) is 5.43 Å². The van der Waals surface area contributed by atoms with E-state index in [1.54, 1.807) is 0 Å². The molecule has 0 heterocycles. The summed E-state index contributed by atoms with van der Waals surface area (Å²) in [5.41, 5.74) is 4.27. The highest BCUT2D eigenvalue weighted by atomic mass is 79.9. The molecule has 82 valence electrons. The van der Waals surface area contributed by atoms with Gasteiger partial charge in [0.05, 0.1) is 12.7 Å². The summed E-state index contributed by atoms with van der Waals surface area (Å²) < 4.78 is 6.06. The first-order valence-corrected chi connectivity index (χ1v) is 5.16. The van der Waals surface area contributed by atoms with Crippen molar-refractivity contribution >= 4 is 21.8 Å². The van der Waals surface area contributed by atoms with Gasteiger partial charge in [-0.2, -0.15) is 0 Å². The standard InChI is InChI=1S/C10H13BrN2O2/c1-5-4-7(11)6(2)8(9(5)15-3)10(14)13-12/h4H,12H2,1-3H3,(H,13,14). The van der Waals surface area contributed by atoms with Gasteiger partial charge in [-0.05, 0) is 31.0 Å². The lowest BCUT2D eigenvalue weighted by atomic mass is 10.0. The van der Waals surface area contributed by atoms with Gasteiger partial charge in [-0.25, -0.2) is 5.84 Å². The lowest BCUT2D eigenvalue weighted by Crippen LogP contribution is -2.31. The summed E-state index contributed by atoms with van der Waals surface area (Å²) in [5, 5.41) is 0. The number of hydrazine groups is 1. The molecular weight excluding hydrogens is 260 g/mol. The number of rotatable bonds is 2. The molecular formula is C10H13BrN2O2. The van der Waals surface area contributed by atoms with Gasteiger partial charge in [-0.1, -0.05) is 15.9 Å². The Morgan fingerprint density at radius 2 is 2.13 bits per heavy atom. The molecule has 0 aliphatic carbocycles. The minimum Gasteiger partial charge on any atom is -0.496 e. The zero-order chi connectivity index (χ0) is 11.6. The molecule has 1 amide bonds. The van der Waals surface area contributed by atoms with E-state index in [0.717, 1.165) is 15.6 Å². The minimum atomic E-state index is -0.353. The van der Waals surface area contributed by atoms with E-state index in [1.807, 2.05) is 19.9 Å². The number of methoxy groups -OCH3 is 1. The van der Waals surface area contributed by atoms with Gasteiger partial charge in [0.15, 0.2) is 0 Å². The summed E-state index contributed by atoms with van der Waals surface area (Å²) in [6.45, 7) is 3.70. The number of nitrogens with two attached hydrogens (primary N) is 1. The number of aryl methyl sites for hydroxylation is 1. The first-order valence-electron chi connectivity index (χ1n) is 4.37. The van der Waals surface area contributed by atoms with E-state index < -0.39 is 0 Å². The average Bonchev–Trinajstić information content (AvgIpc) is 2.21. The van der Waals surface area contributed by atoms with E-state index in [4.69, 9.17) is 10.6 Å². The number of amides is 1. The first-order chi connectivity index (χ1) is 7.02. The molecule has 0 spiro atoms. The minimum absolute atomic E-state index is 0.353. The van der Waals surface area contributed by atoms with Crippen LogP contribution < -0.4 is 16.0 Å². The Morgan fingerprint density at radius 3 is 2.60 bits per heavy atom. The van der Waals surface area contributed by atoms with Crippen molar-refractivity contribution in [3.63, 3.8) is 0 Å². The Labute approximate surface area is 96.9 Å². The predicted octanol–water partition coefficient (Wildman–Crippen LogP) is 1.68. The van der Waals surface area contributed by atoms with Gasteiger partial charge >= 0.3 is 0 Å². The third kappa shape index (κ3) is 2.13. The molecule has 0 radical (unpaired) electrons. The molecule has 3 N–H and O–H groups in total. The highest BCUT2D eigenvalue weighted by Gasteiger charge is 2.18. The normalized spacial score (nSPS) is 9.93. The highest BCUT2D eigenvalue weighted by molar-refractivity contribution is 9.10. The van der Waals surface area contributed by atoms with Crippen molar-refractivity contribution in [3.8, 4) is 5.75 Å². The summed E-state index contributed by atoms with van der Waals surface area (Å²) in [6.07, 6.45) is 0. The van der Waals surface area contributed by atoms with Crippen LogP contribution in [0.5, 0.6) is 5.75 Å². The topological polar surface area (TPSA) is 64.3 Å². The lowest BCUT2D eigenvalue weighted by Gasteiger charge is -2.14. The van der Waals surface area contributed by atoms with Crippen LogP contribution >= 0.6 is 15.9 Å². The van der Waals surface area contributed by atoms with Crippen LogP contribution in [0.3, 0.4) is 0 Å². The number of benzene rings is 1. The average molecular weight is 273 g/mol. The summed E-state index contributed by atoms with van der Waals surface area (Å²) in [5.74, 6) is 5.33. The summed E-state index contributed by atoms with van der Waals surface area (Å²) in [7, 11) is 1.53. The monoisotopic (exact) mass is 272 g/mol. The van der Waals surface area contributed by atoms with E-state index in [0.29, 0.717) is 11.3 Å². The van der Waals surface area contributed by atoms with Crippen LogP contribution in [0, 0.1) is 13.8 Å². The number of nitrogens with one attached hydrogen (secondary N) is 1. The van der Waals surface area contributed by atoms with E-state index in [-0.39, 0.29) is 5.91 Å². The van der Waals surface area contributed by atoms with Crippen molar-refractivity contribution in [2.24, 2.45) is 5.84 Å². The molecule has 0 atom stereocenters. The van der Waals surface area contributed by atoms with Crippen LogP contribution in [0.2, 0.25) is 0 Å². The molecule has 1 aromatic rings. The van der Waals surface area contributed by atoms with Crippen molar-refractivity contribution in [3.05, 3.63) is 27.2 Å². The molecule has 0 aliphatic rings. The molecule has 15 heavy (non-hydrogen) atoms. The van der Waals surface area contributed by atoms with Crippen LogP contribution in [-0.2, 0) is 0 Å². The van der Waals surface area contributed by atoms with E-state index >= 15 is 0 Å². The second-order valence-electron chi connectivity index (χ2n) is 3.18. The number of ether oxygens (including phenoxy) is 1. The second-order valence-corrected chi connectivity index (χ2v) is 4.04. The molecule has 1 rings (SSSR count). The van der Waals surface area contributed by atoms with Gasteiger partial charge in [0.1, 0.15) is 5.75 Å². The maximum absolute atomic E-state index is 11.6. The molecule has 0 aliphatic heterocycles. The molecule has 0 bridgehead atoms. The van der Waals surface area contributed by atoms with E-state index in [9.17, 15) is 4.79 Å². The molecule has 4 nitrogen and oxygen atoms in total. The van der Waals surface area contributed by atoms with Crippen LogP contribution in [0.1, 0.15) is 21.5 Å². The Kier molecular flexibility index (Phi) is 3.71. The highest BCUT2D eigenvalue weighted by Crippen LogP contribution is 2.31. The van der Waals surface area contributed by atoms with Gasteiger partial charge in [0.2, 0.25) is 0 Å². The van der Waals surface area contributed by atoms with Crippen molar-refractivity contribution < 1.29 is 9.53 Å². The fraction of sp³-hybridized carbons (Fsp3) is 0.300. The van der Waals surface area contributed by atoms with Crippen LogP contribution in [0.15, 0.2) is 10.5 Å². The zero-order valence-corrected chi connectivity index (χ0v) is 10.4. The Hall–Kier alpha value is -1.07. The zero-order valence-electron chi connectivity index (χ0n) is 8.85. The molecule has 0 saturated heterocycles. The first kappa shape index (κ1) is 12.0. The van der Waals surface area contributed by atoms with Gasteiger partial charge in [-0.15, -0.1) is 0 Å². The number of hydrogen-bond donors (Lipinski definition) is 2. The molecule has 0 aromatic heterocycles. The van der Waals surface area contributed by atoms with Crippen molar-refractivity contribution in [2.45, 2.75) is 13.8 Å². The fourth-order valence-electron chi connectivity index (χ4n) is 1.46. The number of carbonyl (C=O) groups is 1.